The van der Waals surface area contributed by atoms with E-state index in [1.807, 2.05) is 7.11 Å². The van der Waals surface area contributed by atoms with Gasteiger partial charge in [-0.1, -0.05) is 13.8 Å². The third kappa shape index (κ3) is 2.04. The molecule has 190 valence electrons. The molecule has 2 heterocycles. The Morgan fingerprint density at radius 3 is 2.71 bits per heavy atom. The first kappa shape index (κ1) is 22.4. The number of likely N-dealkylation sites (tertiary alicyclic amines) is 1. The minimum absolute atomic E-state index is 0.00276. The molecule has 0 radical (unpaired) electrons. The fraction of sp³-hybridized carbons (Fsp3) is 0.962. The van der Waals surface area contributed by atoms with Crippen LogP contribution in [0.2, 0.25) is 0 Å². The molecular formula is C26H39NO7. The highest BCUT2D eigenvalue weighted by molar-refractivity contribution is 5.67. The molecule has 5 aliphatic carbocycles. The van der Waals surface area contributed by atoms with Crippen molar-refractivity contribution in [1.82, 2.24) is 4.90 Å². The van der Waals surface area contributed by atoms with Gasteiger partial charge in [-0.2, -0.15) is 0 Å². The van der Waals surface area contributed by atoms with Gasteiger partial charge < -0.3 is 28.8 Å². The number of carbonyl (C=O) groups excluding carboxylic acids is 1. The Morgan fingerprint density at radius 1 is 1.24 bits per heavy atom. The van der Waals surface area contributed by atoms with Crippen molar-refractivity contribution >= 4 is 5.97 Å². The third-order valence-electron chi connectivity index (χ3n) is 11.8. The zero-order valence-electron chi connectivity index (χ0n) is 21.0. The molecular weight excluding hydrogens is 438 g/mol. The van der Waals surface area contributed by atoms with Gasteiger partial charge in [0.1, 0.15) is 18.5 Å². The summed E-state index contributed by atoms with van der Waals surface area (Å²) in [5, 5.41) is 11.5. The van der Waals surface area contributed by atoms with Crippen LogP contribution < -0.4 is 0 Å². The highest BCUT2D eigenvalue weighted by Crippen LogP contribution is 2.82. The van der Waals surface area contributed by atoms with Gasteiger partial charge in [0, 0.05) is 57.3 Å². The van der Waals surface area contributed by atoms with E-state index in [1.165, 1.54) is 6.92 Å². The topological polar surface area (TPSA) is 86.7 Å². The van der Waals surface area contributed by atoms with Gasteiger partial charge >= 0.3 is 5.97 Å². The highest BCUT2D eigenvalue weighted by atomic mass is 16.7. The molecule has 0 aromatic heterocycles. The first-order valence-corrected chi connectivity index (χ1v) is 13.2. The fourth-order valence-electron chi connectivity index (χ4n) is 11.5. The van der Waals surface area contributed by atoms with Crippen molar-refractivity contribution < 1.29 is 33.6 Å². The lowest BCUT2D eigenvalue weighted by Crippen LogP contribution is -2.80. The lowest BCUT2D eigenvalue weighted by molar-refractivity contribution is -0.282. The first-order valence-electron chi connectivity index (χ1n) is 13.2. The Hall–Kier alpha value is -0.770. The van der Waals surface area contributed by atoms with E-state index in [-0.39, 0.29) is 65.5 Å². The smallest absolute Gasteiger partial charge is 0.303 e. The summed E-state index contributed by atoms with van der Waals surface area (Å²) in [5.74, 6) is 0.224. The second kappa shape index (κ2) is 6.75. The minimum atomic E-state index is -0.855. The number of carbonyl (C=O) groups is 1. The summed E-state index contributed by atoms with van der Waals surface area (Å²) >= 11 is 0. The highest BCUT2D eigenvalue weighted by Gasteiger charge is 2.94. The molecule has 7 bridgehead atoms. The Kier molecular flexibility index (Phi) is 4.45. The van der Waals surface area contributed by atoms with E-state index in [1.54, 1.807) is 7.11 Å². The second-order valence-corrected chi connectivity index (χ2v) is 12.5. The molecule has 5 saturated carbocycles. The van der Waals surface area contributed by atoms with Crippen LogP contribution in [0.5, 0.6) is 0 Å². The summed E-state index contributed by atoms with van der Waals surface area (Å²) in [6.45, 7) is 8.12. The predicted octanol–water partition coefficient (Wildman–Crippen LogP) is 1.58. The molecule has 3 spiro atoms. The lowest BCUT2D eigenvalue weighted by Gasteiger charge is -2.69. The van der Waals surface area contributed by atoms with Gasteiger partial charge in [0.05, 0.1) is 24.4 Å². The van der Waals surface area contributed by atoms with Crippen molar-refractivity contribution in [3.63, 3.8) is 0 Å². The molecule has 0 unspecified atom stereocenters. The van der Waals surface area contributed by atoms with E-state index >= 15 is 0 Å². The molecule has 7 fully saturated rings. The van der Waals surface area contributed by atoms with E-state index in [0.717, 1.165) is 32.4 Å². The van der Waals surface area contributed by atoms with Crippen LogP contribution in [0.25, 0.3) is 0 Å². The molecule has 0 aromatic rings. The Morgan fingerprint density at radius 2 is 2.03 bits per heavy atom. The molecule has 8 heteroatoms. The Bertz CT molecular complexity index is 916. The normalized spacial score (nSPS) is 60.8. The molecule has 34 heavy (non-hydrogen) atoms. The van der Waals surface area contributed by atoms with Gasteiger partial charge in [-0.15, -0.1) is 0 Å². The van der Waals surface area contributed by atoms with Gasteiger partial charge in [-0.25, -0.2) is 0 Å². The SMILES string of the molecule is CCN1C[C@]2(C)CC[C@H](OC)[C@@]34[C@@H]5C[C@H]6[C@H](OC)[C@@H]5[C@@]5(C[C@@H]6O)OCO[C@]5([C@@H](OC(C)=O)[C@H]23)[C@@H]14. The van der Waals surface area contributed by atoms with Crippen LogP contribution in [-0.4, -0.2) is 91.7 Å². The van der Waals surface area contributed by atoms with Crippen LogP contribution in [0.4, 0.5) is 0 Å². The van der Waals surface area contributed by atoms with Crippen molar-refractivity contribution in [2.75, 3.05) is 34.1 Å². The molecule has 7 rings (SSSR count). The number of fused-ring (bicyclic) bond motifs is 1. The first-order chi connectivity index (χ1) is 16.3. The van der Waals surface area contributed by atoms with Gasteiger partial charge in [0.2, 0.25) is 0 Å². The monoisotopic (exact) mass is 477 g/mol. The zero-order chi connectivity index (χ0) is 23.8. The maximum Gasteiger partial charge on any atom is 0.303 e. The van der Waals surface area contributed by atoms with Crippen molar-refractivity contribution in [3.8, 4) is 0 Å². The van der Waals surface area contributed by atoms with Crippen LogP contribution in [-0.2, 0) is 28.5 Å². The average Bonchev–Trinajstić information content (AvgIpc) is 3.38. The number of methoxy groups -OCH3 is 2. The number of ether oxygens (including phenoxy) is 5. The van der Waals surface area contributed by atoms with E-state index < -0.39 is 23.4 Å². The van der Waals surface area contributed by atoms with E-state index in [2.05, 4.69) is 18.7 Å². The number of hydrogen-bond donors (Lipinski definition) is 1. The standard InChI is InChI=1S/C26H39NO7/c1-6-27-11-23(3)8-7-17(30-4)25-15-9-14-16(29)10-24(18(15)19(14)31-5)26(22(25)27,33-12-32-24)21(20(23)25)34-13(2)28/h14-22,29H,6-12H2,1-5H3/t14-,15-,16+,17+,18-,19+,20-,21+,22+,23+,24-,25+,26-/m1/s1. The minimum Gasteiger partial charge on any atom is -0.459 e. The van der Waals surface area contributed by atoms with Crippen LogP contribution in [0.1, 0.15) is 46.5 Å². The number of esters is 1. The van der Waals surface area contributed by atoms with E-state index in [9.17, 15) is 9.90 Å². The van der Waals surface area contributed by atoms with Gasteiger partial charge in [-0.05, 0) is 37.1 Å². The average molecular weight is 478 g/mol. The van der Waals surface area contributed by atoms with Crippen LogP contribution in [0.3, 0.4) is 0 Å². The summed E-state index contributed by atoms with van der Waals surface area (Å²) in [6.07, 6.45) is 2.35. The maximum atomic E-state index is 12.7. The Balaban J connectivity index is 1.58. The Labute approximate surface area is 201 Å². The number of aliphatic hydroxyl groups excluding tert-OH is 1. The molecule has 8 nitrogen and oxygen atoms in total. The van der Waals surface area contributed by atoms with Crippen LogP contribution in [0.15, 0.2) is 0 Å². The summed E-state index contributed by atoms with van der Waals surface area (Å²) in [5.41, 5.74) is -1.90. The predicted molar refractivity (Wildman–Crippen MR) is 120 cm³/mol. The summed E-state index contributed by atoms with van der Waals surface area (Å²) in [6, 6.07) is 0.00276. The van der Waals surface area contributed by atoms with Gasteiger partial charge in [0.15, 0.2) is 5.60 Å². The van der Waals surface area contributed by atoms with Gasteiger partial charge in [-0.3, -0.25) is 9.69 Å². The van der Waals surface area contributed by atoms with E-state index in [4.69, 9.17) is 23.7 Å². The quantitative estimate of drug-likeness (QED) is 0.611. The zero-order valence-corrected chi connectivity index (χ0v) is 21.0. The number of nitrogens with zero attached hydrogens (tertiary/aromatic N) is 1. The molecule has 0 aromatic carbocycles. The number of piperidine rings is 1. The molecule has 2 aliphatic heterocycles. The second-order valence-electron chi connectivity index (χ2n) is 12.5. The maximum absolute atomic E-state index is 12.7. The van der Waals surface area contributed by atoms with Crippen LogP contribution >= 0.6 is 0 Å². The molecule has 0 amide bonds. The fourth-order valence-corrected chi connectivity index (χ4v) is 11.5. The molecule has 13 atom stereocenters. The molecule has 1 N–H and O–H groups in total. The van der Waals surface area contributed by atoms with Crippen molar-refractivity contribution in [2.24, 2.45) is 34.5 Å². The van der Waals surface area contributed by atoms with Crippen molar-refractivity contribution in [1.29, 1.82) is 0 Å². The van der Waals surface area contributed by atoms with Crippen molar-refractivity contribution in [2.45, 2.75) is 88.1 Å². The largest absolute Gasteiger partial charge is 0.459 e. The number of aliphatic hydroxyl groups is 1. The number of hydrogen-bond acceptors (Lipinski definition) is 8. The summed E-state index contributed by atoms with van der Waals surface area (Å²) in [7, 11) is 3.61. The van der Waals surface area contributed by atoms with Crippen molar-refractivity contribution in [3.05, 3.63) is 0 Å². The molecule has 7 aliphatic rings. The third-order valence-corrected chi connectivity index (χ3v) is 11.8. The summed E-state index contributed by atoms with van der Waals surface area (Å²) < 4.78 is 32.5. The van der Waals surface area contributed by atoms with Gasteiger partial charge in [0.25, 0.3) is 0 Å². The number of likely N-dealkylation sites (N-methyl/N-ethyl adjacent to an activating group) is 1. The lowest BCUT2D eigenvalue weighted by atomic mass is 9.43. The van der Waals surface area contributed by atoms with Crippen LogP contribution in [0, 0.1) is 34.5 Å². The number of rotatable bonds is 4. The molecule has 2 saturated heterocycles. The van der Waals surface area contributed by atoms with E-state index in [0.29, 0.717) is 6.42 Å². The summed E-state index contributed by atoms with van der Waals surface area (Å²) in [4.78, 5) is 15.3.